The number of amides is 1. The van der Waals surface area contributed by atoms with Crippen LogP contribution >= 0.6 is 0 Å². The highest BCUT2D eigenvalue weighted by molar-refractivity contribution is 6.13. The van der Waals surface area contributed by atoms with Crippen LogP contribution in [0.5, 0.6) is 0 Å². The van der Waals surface area contributed by atoms with Crippen LogP contribution in [0, 0.1) is 0 Å². The SMILES string of the molecule is O=C(NN=C(c1ccccc1)c1ccncc1)C(O)c1ccccc1. The lowest BCUT2D eigenvalue weighted by atomic mass is 10.0. The fraction of sp³-hybridized carbons (Fsp3) is 0.0500. The number of aliphatic hydroxyl groups is 1. The summed E-state index contributed by atoms with van der Waals surface area (Å²) in [5.74, 6) is -0.589. The first-order valence-electron chi connectivity index (χ1n) is 7.82. The molecule has 0 aliphatic heterocycles. The van der Waals surface area contributed by atoms with Gasteiger partial charge < -0.3 is 5.11 Å². The van der Waals surface area contributed by atoms with E-state index in [0.717, 1.165) is 11.1 Å². The zero-order chi connectivity index (χ0) is 17.5. The summed E-state index contributed by atoms with van der Waals surface area (Å²) in [5, 5.41) is 14.4. The average Bonchev–Trinajstić information content (AvgIpc) is 2.70. The molecular weight excluding hydrogens is 314 g/mol. The Labute approximate surface area is 145 Å². The van der Waals surface area contributed by atoms with Gasteiger partial charge in [0.05, 0.1) is 5.71 Å². The van der Waals surface area contributed by atoms with Crippen molar-refractivity contribution in [2.24, 2.45) is 5.10 Å². The van der Waals surface area contributed by atoms with E-state index in [2.05, 4.69) is 15.5 Å². The van der Waals surface area contributed by atoms with Gasteiger partial charge in [-0.2, -0.15) is 5.10 Å². The standard InChI is InChI=1S/C20H17N3O2/c24-19(17-9-5-2-6-10-17)20(25)23-22-18(15-7-3-1-4-8-15)16-11-13-21-14-12-16/h1-14,19,24H,(H,23,25). The molecule has 25 heavy (non-hydrogen) atoms. The quantitative estimate of drug-likeness (QED) is 0.557. The van der Waals surface area contributed by atoms with Gasteiger partial charge in [0, 0.05) is 23.5 Å². The van der Waals surface area contributed by atoms with Crippen LogP contribution in [-0.4, -0.2) is 21.7 Å². The molecule has 124 valence electrons. The number of hydrogen-bond donors (Lipinski definition) is 2. The van der Waals surface area contributed by atoms with E-state index in [1.54, 1.807) is 36.7 Å². The molecule has 1 heterocycles. The molecule has 1 unspecified atom stereocenters. The number of rotatable bonds is 5. The van der Waals surface area contributed by atoms with E-state index >= 15 is 0 Å². The number of carbonyl (C=O) groups is 1. The summed E-state index contributed by atoms with van der Waals surface area (Å²) in [6.07, 6.45) is 2.04. The van der Waals surface area contributed by atoms with E-state index in [1.807, 2.05) is 48.5 Å². The Morgan fingerprint density at radius 2 is 1.44 bits per heavy atom. The first-order valence-corrected chi connectivity index (χ1v) is 7.82. The van der Waals surface area contributed by atoms with Gasteiger partial charge in [-0.25, -0.2) is 5.43 Å². The summed E-state index contributed by atoms with van der Waals surface area (Å²) in [5.41, 5.74) is 5.23. The van der Waals surface area contributed by atoms with Crippen LogP contribution in [0.25, 0.3) is 0 Å². The molecule has 3 rings (SSSR count). The Morgan fingerprint density at radius 3 is 2.08 bits per heavy atom. The van der Waals surface area contributed by atoms with Crippen molar-refractivity contribution in [3.05, 3.63) is 102 Å². The molecule has 1 amide bonds. The number of carbonyl (C=O) groups excluding carboxylic acids is 1. The fourth-order valence-electron chi connectivity index (χ4n) is 2.36. The van der Waals surface area contributed by atoms with Gasteiger partial charge in [-0.1, -0.05) is 60.7 Å². The van der Waals surface area contributed by atoms with Gasteiger partial charge >= 0.3 is 0 Å². The number of nitrogens with one attached hydrogen (secondary N) is 1. The van der Waals surface area contributed by atoms with Gasteiger partial charge in [0.25, 0.3) is 5.91 Å². The maximum Gasteiger partial charge on any atom is 0.273 e. The lowest BCUT2D eigenvalue weighted by Crippen LogP contribution is -2.26. The van der Waals surface area contributed by atoms with Crippen LogP contribution in [0.1, 0.15) is 22.8 Å². The average molecular weight is 331 g/mol. The van der Waals surface area contributed by atoms with Crippen molar-refractivity contribution in [2.45, 2.75) is 6.10 Å². The highest BCUT2D eigenvalue weighted by atomic mass is 16.3. The van der Waals surface area contributed by atoms with Crippen LogP contribution in [-0.2, 0) is 4.79 Å². The Morgan fingerprint density at radius 1 is 0.880 bits per heavy atom. The van der Waals surface area contributed by atoms with Gasteiger partial charge in [0.2, 0.25) is 0 Å². The Kier molecular flexibility index (Phi) is 5.29. The molecule has 3 aromatic rings. The minimum atomic E-state index is -1.28. The number of nitrogens with zero attached hydrogens (tertiary/aromatic N) is 2. The Bertz CT molecular complexity index is 808. The largest absolute Gasteiger partial charge is 0.378 e. The lowest BCUT2D eigenvalue weighted by molar-refractivity contribution is -0.129. The third-order valence-electron chi connectivity index (χ3n) is 3.64. The summed E-state index contributed by atoms with van der Waals surface area (Å²) in [6.45, 7) is 0. The molecule has 0 fully saturated rings. The Hall–Kier alpha value is -3.31. The van der Waals surface area contributed by atoms with E-state index in [0.29, 0.717) is 11.3 Å². The number of aromatic nitrogens is 1. The van der Waals surface area contributed by atoms with Crippen LogP contribution in [0.4, 0.5) is 0 Å². The van der Waals surface area contributed by atoms with Gasteiger partial charge in [-0.3, -0.25) is 9.78 Å². The van der Waals surface area contributed by atoms with Crippen molar-refractivity contribution in [1.29, 1.82) is 0 Å². The van der Waals surface area contributed by atoms with Gasteiger partial charge in [0.15, 0.2) is 6.10 Å². The highest BCUT2D eigenvalue weighted by Gasteiger charge is 2.17. The molecule has 1 atom stereocenters. The number of benzene rings is 2. The topological polar surface area (TPSA) is 74.6 Å². The Balaban J connectivity index is 1.85. The van der Waals surface area contributed by atoms with Gasteiger partial charge in [-0.05, 0) is 17.7 Å². The molecule has 2 aromatic carbocycles. The molecule has 0 bridgehead atoms. The fourth-order valence-corrected chi connectivity index (χ4v) is 2.36. The zero-order valence-electron chi connectivity index (χ0n) is 13.4. The van der Waals surface area contributed by atoms with Crippen LogP contribution in [0.15, 0.2) is 90.3 Å². The number of pyridine rings is 1. The first-order chi connectivity index (χ1) is 12.3. The molecule has 2 N–H and O–H groups in total. The van der Waals surface area contributed by atoms with E-state index in [-0.39, 0.29) is 0 Å². The second-order valence-corrected chi connectivity index (χ2v) is 5.35. The lowest BCUT2D eigenvalue weighted by Gasteiger charge is -2.11. The first kappa shape index (κ1) is 16.5. The van der Waals surface area contributed by atoms with E-state index in [4.69, 9.17) is 0 Å². The third-order valence-corrected chi connectivity index (χ3v) is 3.64. The smallest absolute Gasteiger partial charge is 0.273 e. The predicted octanol–water partition coefficient (Wildman–Crippen LogP) is 2.68. The second kappa shape index (κ2) is 7.99. The van der Waals surface area contributed by atoms with Crippen LogP contribution in [0.3, 0.4) is 0 Å². The molecule has 0 saturated carbocycles. The summed E-state index contributed by atoms with van der Waals surface area (Å²) in [6, 6.07) is 21.9. The zero-order valence-corrected chi connectivity index (χ0v) is 13.4. The van der Waals surface area contributed by atoms with E-state index in [1.165, 1.54) is 0 Å². The molecule has 0 saturated heterocycles. The minimum absolute atomic E-state index is 0.514. The second-order valence-electron chi connectivity index (χ2n) is 5.35. The summed E-state index contributed by atoms with van der Waals surface area (Å²) >= 11 is 0. The highest BCUT2D eigenvalue weighted by Crippen LogP contribution is 2.13. The number of hydrazone groups is 1. The predicted molar refractivity (Wildman–Crippen MR) is 95.9 cm³/mol. The molecule has 0 spiro atoms. The molecule has 0 aliphatic carbocycles. The van der Waals surface area contributed by atoms with Crippen LogP contribution in [0.2, 0.25) is 0 Å². The molecule has 0 aliphatic rings. The van der Waals surface area contributed by atoms with E-state index < -0.39 is 12.0 Å². The third kappa shape index (κ3) is 4.16. The molecule has 1 aromatic heterocycles. The molecular formula is C20H17N3O2. The molecule has 5 heteroatoms. The number of hydrogen-bond acceptors (Lipinski definition) is 4. The number of aliphatic hydroxyl groups excluding tert-OH is 1. The maximum absolute atomic E-state index is 12.2. The molecule has 0 radical (unpaired) electrons. The summed E-state index contributed by atoms with van der Waals surface area (Å²) < 4.78 is 0. The molecule has 5 nitrogen and oxygen atoms in total. The normalized spacial score (nSPS) is 12.4. The monoisotopic (exact) mass is 331 g/mol. The van der Waals surface area contributed by atoms with Crippen LogP contribution < -0.4 is 5.43 Å². The van der Waals surface area contributed by atoms with Gasteiger partial charge in [-0.15, -0.1) is 0 Å². The van der Waals surface area contributed by atoms with Crippen molar-refractivity contribution < 1.29 is 9.90 Å². The van der Waals surface area contributed by atoms with Crippen molar-refractivity contribution in [1.82, 2.24) is 10.4 Å². The minimum Gasteiger partial charge on any atom is -0.378 e. The van der Waals surface area contributed by atoms with E-state index in [9.17, 15) is 9.90 Å². The van der Waals surface area contributed by atoms with Crippen molar-refractivity contribution in [2.75, 3.05) is 0 Å². The van der Waals surface area contributed by atoms with Crippen molar-refractivity contribution >= 4 is 11.6 Å². The van der Waals surface area contributed by atoms with Gasteiger partial charge in [0.1, 0.15) is 0 Å². The summed E-state index contributed by atoms with van der Waals surface area (Å²) in [4.78, 5) is 16.2. The van der Waals surface area contributed by atoms with Crippen molar-refractivity contribution in [3.8, 4) is 0 Å². The summed E-state index contributed by atoms with van der Waals surface area (Å²) in [7, 11) is 0. The maximum atomic E-state index is 12.2. The van der Waals surface area contributed by atoms with Crippen molar-refractivity contribution in [3.63, 3.8) is 0 Å².